The highest BCUT2D eigenvalue weighted by molar-refractivity contribution is 5.96. The molecule has 2 atom stereocenters. The van der Waals surface area contributed by atoms with E-state index in [1.807, 2.05) is 13.8 Å². The fraction of sp³-hybridized carbons (Fsp3) is 0.667. The van der Waals surface area contributed by atoms with Crippen molar-refractivity contribution in [3.63, 3.8) is 0 Å². The van der Waals surface area contributed by atoms with Crippen molar-refractivity contribution in [2.75, 3.05) is 0 Å². The maximum absolute atomic E-state index is 10.5. The first kappa shape index (κ1) is 10.5. The van der Waals surface area contributed by atoms with E-state index >= 15 is 0 Å². The van der Waals surface area contributed by atoms with Crippen LogP contribution in [-0.4, -0.2) is 11.7 Å². The first-order valence-electron chi connectivity index (χ1n) is 4.54. The number of hydrazone groups is 1. The van der Waals surface area contributed by atoms with Crippen molar-refractivity contribution in [1.29, 1.82) is 5.26 Å². The third-order valence-electron chi connectivity index (χ3n) is 2.64. The Hall–Kier alpha value is -1.57. The third kappa shape index (κ3) is 1.84. The summed E-state index contributed by atoms with van der Waals surface area (Å²) in [7, 11) is 0. The van der Waals surface area contributed by atoms with E-state index in [0.29, 0.717) is 0 Å². The molecule has 76 valence electrons. The molecular formula is C9H14N4O. The largest absolute Gasteiger partial charge is 0.350 e. The molecule has 0 aromatic rings. The minimum absolute atomic E-state index is 0.228. The number of amides is 2. The van der Waals surface area contributed by atoms with Crippen LogP contribution in [0, 0.1) is 22.7 Å². The van der Waals surface area contributed by atoms with Crippen LogP contribution in [0.3, 0.4) is 0 Å². The Morgan fingerprint density at radius 2 is 2.50 bits per heavy atom. The zero-order valence-electron chi connectivity index (χ0n) is 8.37. The monoisotopic (exact) mass is 194 g/mol. The summed E-state index contributed by atoms with van der Waals surface area (Å²) >= 11 is 0. The van der Waals surface area contributed by atoms with Crippen molar-refractivity contribution in [2.24, 2.45) is 22.2 Å². The first-order valence-corrected chi connectivity index (χ1v) is 4.54. The van der Waals surface area contributed by atoms with Crippen molar-refractivity contribution >= 4 is 11.7 Å². The number of hydrogen-bond donors (Lipinski definition) is 2. The maximum atomic E-state index is 10.5. The molecular weight excluding hydrogens is 180 g/mol. The summed E-state index contributed by atoms with van der Waals surface area (Å²) in [6.45, 7) is 3.82. The van der Waals surface area contributed by atoms with Crippen LogP contribution in [0.1, 0.15) is 26.7 Å². The molecule has 1 saturated carbocycles. The molecule has 0 spiro atoms. The van der Waals surface area contributed by atoms with E-state index in [-0.39, 0.29) is 5.92 Å². The number of rotatable bonds is 1. The molecule has 0 radical (unpaired) electrons. The van der Waals surface area contributed by atoms with Gasteiger partial charge in [0, 0.05) is 0 Å². The molecule has 2 unspecified atom stereocenters. The van der Waals surface area contributed by atoms with Gasteiger partial charge < -0.3 is 5.73 Å². The molecule has 1 fully saturated rings. The minimum atomic E-state index is -0.697. The number of nitrogens with one attached hydrogen (secondary N) is 1. The third-order valence-corrected chi connectivity index (χ3v) is 2.64. The van der Waals surface area contributed by atoms with Gasteiger partial charge in [-0.05, 0) is 25.7 Å². The second-order valence-corrected chi connectivity index (χ2v) is 3.86. The molecule has 5 heteroatoms. The maximum Gasteiger partial charge on any atom is 0.332 e. The highest BCUT2D eigenvalue weighted by atomic mass is 16.2. The second-order valence-electron chi connectivity index (χ2n) is 3.86. The molecule has 1 rings (SSSR count). The molecule has 0 aliphatic heterocycles. The summed E-state index contributed by atoms with van der Waals surface area (Å²) < 4.78 is 0. The van der Waals surface area contributed by atoms with Gasteiger partial charge in [-0.15, -0.1) is 0 Å². The van der Waals surface area contributed by atoms with Crippen LogP contribution in [0.4, 0.5) is 4.79 Å². The van der Waals surface area contributed by atoms with Gasteiger partial charge in [-0.25, -0.2) is 10.2 Å². The van der Waals surface area contributed by atoms with Gasteiger partial charge in [0.25, 0.3) is 0 Å². The van der Waals surface area contributed by atoms with Crippen LogP contribution in [0.25, 0.3) is 0 Å². The van der Waals surface area contributed by atoms with Crippen molar-refractivity contribution in [2.45, 2.75) is 26.7 Å². The van der Waals surface area contributed by atoms with Gasteiger partial charge in [0.15, 0.2) is 0 Å². The van der Waals surface area contributed by atoms with Crippen LogP contribution in [-0.2, 0) is 0 Å². The fourth-order valence-electron chi connectivity index (χ4n) is 1.78. The Morgan fingerprint density at radius 3 is 3.00 bits per heavy atom. The number of nitrogens with zero attached hydrogens (tertiary/aromatic N) is 2. The molecule has 0 aromatic carbocycles. The van der Waals surface area contributed by atoms with E-state index in [9.17, 15) is 4.79 Å². The Bertz CT molecular complexity index is 317. The van der Waals surface area contributed by atoms with Gasteiger partial charge in [-0.3, -0.25) is 0 Å². The Morgan fingerprint density at radius 1 is 1.86 bits per heavy atom. The van der Waals surface area contributed by atoms with E-state index in [0.717, 1.165) is 18.6 Å². The SMILES string of the molecule is CC1CCC(C)(C#N)/C1=N/NC(N)=O. The molecule has 3 N–H and O–H groups in total. The highest BCUT2D eigenvalue weighted by Gasteiger charge is 2.40. The number of nitriles is 1. The number of nitrogens with two attached hydrogens (primary N) is 1. The van der Waals surface area contributed by atoms with E-state index in [1.54, 1.807) is 0 Å². The average Bonchev–Trinajstić information content (AvgIpc) is 2.41. The lowest BCUT2D eigenvalue weighted by molar-refractivity contribution is 0.249. The zero-order valence-corrected chi connectivity index (χ0v) is 8.37. The molecule has 5 nitrogen and oxygen atoms in total. The predicted octanol–water partition coefficient (Wildman–Crippen LogP) is 0.970. The summed E-state index contributed by atoms with van der Waals surface area (Å²) in [4.78, 5) is 10.5. The van der Waals surface area contributed by atoms with E-state index < -0.39 is 11.4 Å². The number of carbonyl (C=O) groups excluding carboxylic acids is 1. The first-order chi connectivity index (χ1) is 6.49. The Kier molecular flexibility index (Phi) is 2.75. The molecule has 0 aromatic heterocycles. The normalized spacial score (nSPS) is 34.1. The average molecular weight is 194 g/mol. The van der Waals surface area contributed by atoms with Crippen molar-refractivity contribution in [3.05, 3.63) is 0 Å². The van der Waals surface area contributed by atoms with E-state index in [1.165, 1.54) is 0 Å². The van der Waals surface area contributed by atoms with Crippen LogP contribution in [0.5, 0.6) is 0 Å². The molecule has 14 heavy (non-hydrogen) atoms. The highest BCUT2D eigenvalue weighted by Crippen LogP contribution is 2.38. The molecule has 1 aliphatic carbocycles. The number of hydrogen-bond acceptors (Lipinski definition) is 3. The lowest BCUT2D eigenvalue weighted by Crippen LogP contribution is -2.30. The van der Waals surface area contributed by atoms with Gasteiger partial charge in [-0.2, -0.15) is 10.4 Å². The Balaban J connectivity index is 2.88. The number of urea groups is 1. The summed E-state index contributed by atoms with van der Waals surface area (Å²) in [6, 6.07) is 1.52. The molecule has 1 aliphatic rings. The number of primary amides is 1. The quantitative estimate of drug-likeness (QED) is 0.609. The topological polar surface area (TPSA) is 91.3 Å². The molecule has 0 heterocycles. The molecule has 0 bridgehead atoms. The van der Waals surface area contributed by atoms with Crippen molar-refractivity contribution in [3.8, 4) is 6.07 Å². The van der Waals surface area contributed by atoms with Crippen molar-refractivity contribution < 1.29 is 4.79 Å². The predicted molar refractivity (Wildman–Crippen MR) is 52.3 cm³/mol. The van der Waals surface area contributed by atoms with Crippen LogP contribution in [0.15, 0.2) is 5.10 Å². The summed E-state index contributed by atoms with van der Waals surface area (Å²) in [5, 5.41) is 12.9. The molecule has 0 saturated heterocycles. The second kappa shape index (κ2) is 3.66. The summed E-state index contributed by atoms with van der Waals surface area (Å²) in [6.07, 6.45) is 1.70. The summed E-state index contributed by atoms with van der Waals surface area (Å²) in [5.41, 5.74) is 7.26. The van der Waals surface area contributed by atoms with Crippen molar-refractivity contribution in [1.82, 2.24) is 5.43 Å². The minimum Gasteiger partial charge on any atom is -0.350 e. The lowest BCUT2D eigenvalue weighted by atomic mass is 9.88. The molecule has 2 amide bonds. The lowest BCUT2D eigenvalue weighted by Gasteiger charge is -2.16. The van der Waals surface area contributed by atoms with E-state index in [4.69, 9.17) is 11.0 Å². The van der Waals surface area contributed by atoms with Crippen LogP contribution >= 0.6 is 0 Å². The zero-order chi connectivity index (χ0) is 10.8. The van der Waals surface area contributed by atoms with Gasteiger partial charge in [-0.1, -0.05) is 6.92 Å². The smallest absolute Gasteiger partial charge is 0.332 e. The van der Waals surface area contributed by atoms with Gasteiger partial charge in [0.05, 0.1) is 17.2 Å². The standard InChI is InChI=1S/C9H14N4O/c1-6-3-4-9(2,5-10)7(6)12-13-8(11)14/h6H,3-4H2,1-2H3,(H3,11,13,14)/b12-7+. The fourth-order valence-corrected chi connectivity index (χ4v) is 1.78. The van der Waals surface area contributed by atoms with Crippen LogP contribution < -0.4 is 11.2 Å². The van der Waals surface area contributed by atoms with Gasteiger partial charge in [0.2, 0.25) is 0 Å². The van der Waals surface area contributed by atoms with Gasteiger partial charge >= 0.3 is 6.03 Å². The van der Waals surface area contributed by atoms with Crippen LogP contribution in [0.2, 0.25) is 0 Å². The summed E-state index contributed by atoms with van der Waals surface area (Å²) in [5.74, 6) is 0.228. The van der Waals surface area contributed by atoms with Gasteiger partial charge in [0.1, 0.15) is 0 Å². The Labute approximate surface area is 83.0 Å². The van der Waals surface area contributed by atoms with E-state index in [2.05, 4.69) is 16.6 Å². The number of carbonyl (C=O) groups is 1.